The Morgan fingerprint density at radius 2 is 1.81 bits per heavy atom. The normalized spacial score (nSPS) is 10.5. The van der Waals surface area contributed by atoms with Crippen molar-refractivity contribution in [3.63, 3.8) is 0 Å². The molecule has 0 fully saturated rings. The van der Waals surface area contributed by atoms with Crippen LogP contribution in [0, 0.1) is 5.82 Å². The van der Waals surface area contributed by atoms with Gasteiger partial charge in [0.1, 0.15) is 5.56 Å². The molecule has 0 amide bonds. The molecule has 1 aromatic heterocycles. The van der Waals surface area contributed by atoms with E-state index in [2.05, 4.69) is 9.97 Å². The second-order valence-electron chi connectivity index (χ2n) is 4.25. The van der Waals surface area contributed by atoms with Crippen molar-refractivity contribution in [1.29, 1.82) is 0 Å². The predicted octanol–water partition coefficient (Wildman–Crippen LogP) is 3.26. The van der Waals surface area contributed by atoms with Gasteiger partial charge in [0.2, 0.25) is 0 Å². The summed E-state index contributed by atoms with van der Waals surface area (Å²) in [6.45, 7) is 0. The van der Waals surface area contributed by atoms with Crippen LogP contribution in [0.5, 0.6) is 11.8 Å². The number of halogens is 1. The molecule has 0 aliphatic rings. The summed E-state index contributed by atoms with van der Waals surface area (Å²) in [5.74, 6) is -1.59. The van der Waals surface area contributed by atoms with Crippen LogP contribution in [0.2, 0.25) is 0 Å². The third-order valence-corrected chi connectivity index (χ3v) is 2.90. The summed E-state index contributed by atoms with van der Waals surface area (Å²) < 4.78 is 18.3. The van der Waals surface area contributed by atoms with E-state index in [1.807, 2.05) is 12.1 Å². The van der Waals surface area contributed by atoms with E-state index in [4.69, 9.17) is 4.74 Å². The summed E-state index contributed by atoms with van der Waals surface area (Å²) in [7, 11) is 0. The highest BCUT2D eigenvalue weighted by atomic mass is 19.1. The zero-order chi connectivity index (χ0) is 14.8. The number of fused-ring (bicyclic) bond motifs is 1. The van der Waals surface area contributed by atoms with Crippen LogP contribution in [-0.2, 0) is 0 Å². The minimum atomic E-state index is -1.13. The van der Waals surface area contributed by atoms with Crippen LogP contribution >= 0.6 is 0 Å². The highest BCUT2D eigenvalue weighted by molar-refractivity contribution is 6.00. The first-order chi connectivity index (χ1) is 10.1. The van der Waals surface area contributed by atoms with E-state index in [0.29, 0.717) is 5.39 Å². The molecule has 1 N–H and O–H groups in total. The number of hydrogen-bond donors (Lipinski definition) is 1. The molecule has 2 aromatic carbocycles. The zero-order valence-corrected chi connectivity index (χ0v) is 10.7. The van der Waals surface area contributed by atoms with Crippen LogP contribution in [0.25, 0.3) is 10.8 Å². The van der Waals surface area contributed by atoms with Crippen molar-refractivity contribution in [2.24, 2.45) is 0 Å². The molecule has 0 aliphatic carbocycles. The van der Waals surface area contributed by atoms with Gasteiger partial charge in [0.25, 0.3) is 0 Å². The van der Waals surface area contributed by atoms with Crippen molar-refractivity contribution in [3.05, 3.63) is 60.2 Å². The first-order valence-corrected chi connectivity index (χ1v) is 6.05. The number of carbonyl (C=O) groups is 1. The van der Waals surface area contributed by atoms with E-state index in [-0.39, 0.29) is 17.3 Å². The summed E-state index contributed by atoms with van der Waals surface area (Å²) in [6.07, 6.45) is 1.90. The number of aromatic carboxylic acids is 1. The van der Waals surface area contributed by atoms with Crippen LogP contribution < -0.4 is 4.74 Å². The van der Waals surface area contributed by atoms with Crippen molar-refractivity contribution >= 4 is 16.7 Å². The molecule has 1 heterocycles. The van der Waals surface area contributed by atoms with Crippen LogP contribution in [0.4, 0.5) is 4.39 Å². The molecule has 0 radical (unpaired) electrons. The van der Waals surface area contributed by atoms with E-state index in [9.17, 15) is 14.3 Å². The molecular weight excluding hydrogens is 275 g/mol. The fraction of sp³-hybridized carbons (Fsp3) is 0. The third kappa shape index (κ3) is 2.51. The number of aromatic nitrogens is 2. The minimum absolute atomic E-state index is 0.0124. The fourth-order valence-electron chi connectivity index (χ4n) is 1.97. The number of carboxylic acid groups (broad SMARTS) is 1. The minimum Gasteiger partial charge on any atom is -0.478 e. The maximum absolute atomic E-state index is 12.8. The van der Waals surface area contributed by atoms with E-state index < -0.39 is 11.8 Å². The molecule has 0 bridgehead atoms. The van der Waals surface area contributed by atoms with Crippen LogP contribution in [0.3, 0.4) is 0 Å². The Hall–Kier alpha value is -3.02. The SMILES string of the molecule is O=C(O)c1ccc2ccccc2c1Oc1ncc(F)cn1. The second kappa shape index (κ2) is 5.16. The lowest BCUT2D eigenvalue weighted by Gasteiger charge is -2.10. The fourth-order valence-corrected chi connectivity index (χ4v) is 1.97. The molecule has 5 nitrogen and oxygen atoms in total. The average molecular weight is 284 g/mol. The van der Waals surface area contributed by atoms with Crippen molar-refractivity contribution < 1.29 is 19.0 Å². The Kier molecular flexibility index (Phi) is 3.19. The lowest BCUT2D eigenvalue weighted by atomic mass is 10.1. The van der Waals surface area contributed by atoms with E-state index >= 15 is 0 Å². The van der Waals surface area contributed by atoms with E-state index in [0.717, 1.165) is 17.8 Å². The Morgan fingerprint density at radius 3 is 2.52 bits per heavy atom. The molecule has 3 aromatic rings. The number of rotatable bonds is 3. The summed E-state index contributed by atoms with van der Waals surface area (Å²) in [6, 6.07) is 10.2. The highest BCUT2D eigenvalue weighted by Crippen LogP contribution is 2.32. The Labute approximate surface area is 118 Å². The summed E-state index contributed by atoms with van der Waals surface area (Å²) in [5.41, 5.74) is -0.0124. The van der Waals surface area contributed by atoms with Gasteiger partial charge in [-0.15, -0.1) is 0 Å². The number of nitrogens with zero attached hydrogens (tertiary/aromatic N) is 2. The number of carboxylic acids is 1. The molecule has 0 saturated carbocycles. The smallest absolute Gasteiger partial charge is 0.339 e. The molecule has 0 spiro atoms. The zero-order valence-electron chi connectivity index (χ0n) is 10.7. The third-order valence-electron chi connectivity index (χ3n) is 2.90. The largest absolute Gasteiger partial charge is 0.478 e. The topological polar surface area (TPSA) is 72.3 Å². The average Bonchev–Trinajstić information content (AvgIpc) is 2.49. The van der Waals surface area contributed by atoms with Crippen molar-refractivity contribution in [2.75, 3.05) is 0 Å². The molecule has 0 atom stereocenters. The molecule has 6 heteroatoms. The summed E-state index contributed by atoms with van der Waals surface area (Å²) in [5, 5.41) is 10.7. The monoisotopic (exact) mass is 284 g/mol. The van der Waals surface area contributed by atoms with E-state index in [1.165, 1.54) is 6.07 Å². The van der Waals surface area contributed by atoms with Gasteiger partial charge in [0.15, 0.2) is 11.6 Å². The molecule has 0 saturated heterocycles. The van der Waals surface area contributed by atoms with E-state index in [1.54, 1.807) is 18.2 Å². The molecule has 0 unspecified atom stereocenters. The maximum atomic E-state index is 12.8. The van der Waals surface area contributed by atoms with Gasteiger partial charge in [0.05, 0.1) is 12.4 Å². The highest BCUT2D eigenvalue weighted by Gasteiger charge is 2.16. The van der Waals surface area contributed by atoms with Crippen LogP contribution in [-0.4, -0.2) is 21.0 Å². The second-order valence-corrected chi connectivity index (χ2v) is 4.25. The van der Waals surface area contributed by atoms with Crippen molar-refractivity contribution in [2.45, 2.75) is 0 Å². The van der Waals surface area contributed by atoms with Gasteiger partial charge in [-0.2, -0.15) is 0 Å². The van der Waals surface area contributed by atoms with Gasteiger partial charge in [-0.3, -0.25) is 0 Å². The number of hydrogen-bond acceptors (Lipinski definition) is 4. The molecule has 104 valence electrons. The van der Waals surface area contributed by atoms with Crippen LogP contribution in [0.1, 0.15) is 10.4 Å². The van der Waals surface area contributed by atoms with Gasteiger partial charge in [0, 0.05) is 5.39 Å². The maximum Gasteiger partial charge on any atom is 0.339 e. The first-order valence-electron chi connectivity index (χ1n) is 6.05. The van der Waals surface area contributed by atoms with Crippen LogP contribution in [0.15, 0.2) is 48.8 Å². The molecular formula is C15H9FN2O3. The van der Waals surface area contributed by atoms with Crippen molar-refractivity contribution in [1.82, 2.24) is 9.97 Å². The first kappa shape index (κ1) is 13.0. The van der Waals surface area contributed by atoms with Gasteiger partial charge in [-0.1, -0.05) is 30.3 Å². The van der Waals surface area contributed by atoms with Gasteiger partial charge < -0.3 is 9.84 Å². The predicted molar refractivity (Wildman–Crippen MR) is 73.0 cm³/mol. The molecule has 21 heavy (non-hydrogen) atoms. The Bertz CT molecular complexity index is 819. The lowest BCUT2D eigenvalue weighted by Crippen LogP contribution is -2.02. The number of benzene rings is 2. The Morgan fingerprint density at radius 1 is 1.10 bits per heavy atom. The summed E-state index contributed by atoms with van der Waals surface area (Å²) in [4.78, 5) is 18.7. The van der Waals surface area contributed by atoms with Gasteiger partial charge in [-0.05, 0) is 11.5 Å². The standard InChI is InChI=1S/C15H9FN2O3/c16-10-7-17-15(18-8-10)21-13-11-4-2-1-3-9(11)5-6-12(13)14(19)20/h1-8H,(H,19,20). The Balaban J connectivity index is 2.16. The molecule has 0 aliphatic heterocycles. The summed E-state index contributed by atoms with van der Waals surface area (Å²) >= 11 is 0. The molecule has 3 rings (SSSR count). The quantitative estimate of drug-likeness (QED) is 0.799. The van der Waals surface area contributed by atoms with Gasteiger partial charge >= 0.3 is 12.0 Å². The lowest BCUT2D eigenvalue weighted by molar-refractivity contribution is 0.0694. The van der Waals surface area contributed by atoms with Gasteiger partial charge in [-0.25, -0.2) is 19.2 Å². The number of ether oxygens (including phenoxy) is 1. The van der Waals surface area contributed by atoms with Crippen molar-refractivity contribution in [3.8, 4) is 11.8 Å².